The Morgan fingerprint density at radius 2 is 1.72 bits per heavy atom. The molecule has 0 fully saturated rings. The fraction of sp³-hybridized carbons (Fsp3) is 0.263. The first kappa shape index (κ1) is 16.8. The monoisotopic (exact) mass is 340 g/mol. The van der Waals surface area contributed by atoms with Crippen LogP contribution in [0.5, 0.6) is 11.5 Å². The van der Waals surface area contributed by atoms with E-state index in [0.29, 0.717) is 34.6 Å². The van der Waals surface area contributed by atoms with Gasteiger partial charge in [0.25, 0.3) is 5.56 Å². The summed E-state index contributed by atoms with van der Waals surface area (Å²) >= 11 is 0. The average molecular weight is 340 g/mol. The third-order valence-electron chi connectivity index (χ3n) is 4.22. The van der Waals surface area contributed by atoms with E-state index in [2.05, 4.69) is 5.32 Å². The molecule has 3 aromatic rings. The van der Waals surface area contributed by atoms with Gasteiger partial charge in [-0.25, -0.2) is 0 Å². The van der Waals surface area contributed by atoms with Crippen LogP contribution in [-0.2, 0) is 11.3 Å². The molecule has 0 atom stereocenters. The van der Waals surface area contributed by atoms with Crippen LogP contribution in [-0.4, -0.2) is 24.7 Å². The first-order chi connectivity index (χ1) is 12.0. The molecule has 0 radical (unpaired) electrons. The number of aromatic nitrogens is 1. The Hall–Kier alpha value is -3.02. The van der Waals surface area contributed by atoms with Crippen molar-refractivity contribution in [2.75, 3.05) is 19.5 Å². The molecule has 130 valence electrons. The number of carbonyl (C=O) groups is 1. The fourth-order valence-electron chi connectivity index (χ4n) is 3.17. The zero-order valence-electron chi connectivity index (χ0n) is 14.7. The van der Waals surface area contributed by atoms with Crippen LogP contribution in [0.4, 0.5) is 5.69 Å². The lowest BCUT2D eigenvalue weighted by molar-refractivity contribution is -0.114. The number of nitrogens with one attached hydrogen (secondary N) is 1. The number of rotatable bonds is 4. The van der Waals surface area contributed by atoms with Crippen molar-refractivity contribution in [3.8, 4) is 11.5 Å². The number of anilines is 1. The molecule has 1 amide bonds. The van der Waals surface area contributed by atoms with Crippen LogP contribution in [0, 0.1) is 0 Å². The molecular formula is C19H20N2O4. The third kappa shape index (κ3) is 2.69. The Balaban J connectivity index is 2.53. The molecule has 0 saturated carbocycles. The summed E-state index contributed by atoms with van der Waals surface area (Å²) in [4.78, 5) is 24.6. The van der Waals surface area contributed by atoms with Crippen molar-refractivity contribution in [2.45, 2.75) is 20.4 Å². The number of amides is 1. The van der Waals surface area contributed by atoms with Gasteiger partial charge in [-0.1, -0.05) is 12.1 Å². The van der Waals surface area contributed by atoms with Gasteiger partial charge in [0.15, 0.2) is 11.5 Å². The standard InChI is InChI=1S/C19H20N2O4/c1-5-21-18-12(7-6-8-15(18)20-11(2)22)13-9-16(24-3)17(25-4)10-14(13)19(21)23/h6-10H,5H2,1-4H3,(H,20,22). The van der Waals surface area contributed by atoms with E-state index in [1.165, 1.54) is 14.0 Å². The zero-order chi connectivity index (χ0) is 18.1. The highest BCUT2D eigenvalue weighted by molar-refractivity contribution is 6.12. The van der Waals surface area contributed by atoms with Gasteiger partial charge in [0.1, 0.15) is 0 Å². The van der Waals surface area contributed by atoms with E-state index in [0.717, 1.165) is 10.8 Å². The number of fused-ring (bicyclic) bond motifs is 3. The van der Waals surface area contributed by atoms with Crippen LogP contribution in [0.1, 0.15) is 13.8 Å². The molecule has 0 saturated heterocycles. The highest BCUT2D eigenvalue weighted by atomic mass is 16.5. The maximum absolute atomic E-state index is 13.0. The third-order valence-corrected chi connectivity index (χ3v) is 4.22. The molecule has 0 bridgehead atoms. The molecule has 1 N–H and O–H groups in total. The lowest BCUT2D eigenvalue weighted by atomic mass is 10.0. The van der Waals surface area contributed by atoms with E-state index in [9.17, 15) is 9.59 Å². The summed E-state index contributed by atoms with van der Waals surface area (Å²) in [5.41, 5.74) is 1.18. The number of hydrogen-bond acceptors (Lipinski definition) is 4. The normalized spacial score (nSPS) is 10.9. The molecular weight excluding hydrogens is 320 g/mol. The van der Waals surface area contributed by atoms with Gasteiger partial charge < -0.3 is 19.4 Å². The van der Waals surface area contributed by atoms with Crippen molar-refractivity contribution in [1.29, 1.82) is 0 Å². The molecule has 1 aromatic heterocycles. The largest absolute Gasteiger partial charge is 0.493 e. The van der Waals surface area contributed by atoms with E-state index in [1.54, 1.807) is 29.9 Å². The number of aryl methyl sites for hydroxylation is 1. The quantitative estimate of drug-likeness (QED) is 0.741. The summed E-state index contributed by atoms with van der Waals surface area (Å²) in [5, 5.41) is 4.98. The molecule has 0 unspecified atom stereocenters. The Labute approximate surface area is 145 Å². The van der Waals surface area contributed by atoms with Gasteiger partial charge in [0.2, 0.25) is 5.91 Å². The van der Waals surface area contributed by atoms with E-state index >= 15 is 0 Å². The summed E-state index contributed by atoms with van der Waals surface area (Å²) in [5.74, 6) is 0.872. The van der Waals surface area contributed by atoms with Crippen LogP contribution in [0.2, 0.25) is 0 Å². The first-order valence-corrected chi connectivity index (χ1v) is 8.00. The lowest BCUT2D eigenvalue weighted by Crippen LogP contribution is -2.21. The van der Waals surface area contributed by atoms with Crippen molar-refractivity contribution < 1.29 is 14.3 Å². The van der Waals surface area contributed by atoms with Gasteiger partial charge in [-0.2, -0.15) is 0 Å². The highest BCUT2D eigenvalue weighted by Gasteiger charge is 2.16. The van der Waals surface area contributed by atoms with E-state index in [-0.39, 0.29) is 11.5 Å². The minimum atomic E-state index is -0.185. The van der Waals surface area contributed by atoms with Crippen LogP contribution >= 0.6 is 0 Å². The Kier molecular flexibility index (Phi) is 4.35. The van der Waals surface area contributed by atoms with Crippen LogP contribution in [0.3, 0.4) is 0 Å². The second kappa shape index (κ2) is 6.47. The van der Waals surface area contributed by atoms with E-state index < -0.39 is 0 Å². The Morgan fingerprint density at radius 1 is 1.08 bits per heavy atom. The number of methoxy groups -OCH3 is 2. The molecule has 0 spiro atoms. The predicted octanol–water partition coefficient (Wildman–Crippen LogP) is 3.15. The summed E-state index contributed by atoms with van der Waals surface area (Å²) in [7, 11) is 3.10. The Bertz CT molecular complexity index is 1040. The molecule has 0 aliphatic carbocycles. The molecule has 6 heteroatoms. The molecule has 6 nitrogen and oxygen atoms in total. The van der Waals surface area contributed by atoms with Crippen molar-refractivity contribution in [2.24, 2.45) is 0 Å². The highest BCUT2D eigenvalue weighted by Crippen LogP contribution is 2.35. The van der Waals surface area contributed by atoms with Gasteiger partial charge >= 0.3 is 0 Å². The van der Waals surface area contributed by atoms with Crippen molar-refractivity contribution in [3.05, 3.63) is 40.7 Å². The molecule has 0 aliphatic heterocycles. The number of pyridine rings is 1. The smallest absolute Gasteiger partial charge is 0.259 e. The van der Waals surface area contributed by atoms with Crippen molar-refractivity contribution >= 4 is 33.3 Å². The number of para-hydroxylation sites is 1. The van der Waals surface area contributed by atoms with Gasteiger partial charge in [-0.05, 0) is 25.1 Å². The summed E-state index contributed by atoms with van der Waals surface area (Å²) in [6, 6.07) is 9.08. The molecule has 1 heterocycles. The Morgan fingerprint density at radius 3 is 2.28 bits per heavy atom. The molecule has 2 aromatic carbocycles. The molecule has 0 aliphatic rings. The van der Waals surface area contributed by atoms with E-state index in [1.807, 2.05) is 19.1 Å². The van der Waals surface area contributed by atoms with Crippen LogP contribution in [0.15, 0.2) is 35.1 Å². The van der Waals surface area contributed by atoms with Crippen molar-refractivity contribution in [3.63, 3.8) is 0 Å². The lowest BCUT2D eigenvalue weighted by Gasteiger charge is -2.17. The number of ether oxygens (including phenoxy) is 2. The van der Waals surface area contributed by atoms with E-state index in [4.69, 9.17) is 9.47 Å². The maximum atomic E-state index is 13.0. The summed E-state index contributed by atoms with van der Waals surface area (Å²) in [6.45, 7) is 3.83. The second-order valence-electron chi connectivity index (χ2n) is 5.69. The van der Waals surface area contributed by atoms with Crippen molar-refractivity contribution in [1.82, 2.24) is 4.57 Å². The second-order valence-corrected chi connectivity index (χ2v) is 5.69. The molecule has 3 rings (SSSR count). The van der Waals surface area contributed by atoms with Gasteiger partial charge in [0, 0.05) is 24.2 Å². The minimum absolute atomic E-state index is 0.135. The SMILES string of the molecule is CCn1c(=O)c2cc(OC)c(OC)cc2c2cccc(NC(C)=O)c21. The minimum Gasteiger partial charge on any atom is -0.493 e. The molecule has 25 heavy (non-hydrogen) atoms. The number of carbonyl (C=O) groups excluding carboxylic acids is 1. The first-order valence-electron chi connectivity index (χ1n) is 8.00. The average Bonchev–Trinajstić information content (AvgIpc) is 2.61. The summed E-state index contributed by atoms with van der Waals surface area (Å²) in [6.07, 6.45) is 0. The zero-order valence-corrected chi connectivity index (χ0v) is 14.7. The van der Waals surface area contributed by atoms with Crippen LogP contribution in [0.25, 0.3) is 21.7 Å². The summed E-state index contributed by atoms with van der Waals surface area (Å²) < 4.78 is 12.4. The topological polar surface area (TPSA) is 69.6 Å². The number of nitrogens with zero attached hydrogens (tertiary/aromatic N) is 1. The van der Waals surface area contributed by atoms with Gasteiger partial charge in [-0.3, -0.25) is 9.59 Å². The van der Waals surface area contributed by atoms with Gasteiger partial charge in [-0.15, -0.1) is 0 Å². The number of benzene rings is 2. The fourth-order valence-corrected chi connectivity index (χ4v) is 3.17. The van der Waals surface area contributed by atoms with Gasteiger partial charge in [0.05, 0.1) is 30.8 Å². The number of hydrogen-bond donors (Lipinski definition) is 1. The predicted molar refractivity (Wildman–Crippen MR) is 98.8 cm³/mol. The maximum Gasteiger partial charge on any atom is 0.259 e. The van der Waals surface area contributed by atoms with Crippen LogP contribution < -0.4 is 20.3 Å².